The summed E-state index contributed by atoms with van der Waals surface area (Å²) in [7, 11) is 0. The van der Waals surface area contributed by atoms with Crippen LogP contribution in [0.4, 0.5) is 0 Å². The van der Waals surface area contributed by atoms with Gasteiger partial charge in [0, 0.05) is 16.2 Å². The van der Waals surface area contributed by atoms with Gasteiger partial charge in [-0.05, 0) is 67.0 Å². The van der Waals surface area contributed by atoms with E-state index in [1.54, 1.807) is 29.4 Å². The molecule has 2 aromatic carbocycles. The molecule has 0 saturated carbocycles. The molecule has 1 aliphatic rings. The van der Waals surface area contributed by atoms with E-state index in [4.69, 9.17) is 5.26 Å². The lowest BCUT2D eigenvalue weighted by molar-refractivity contribution is 0.686. The minimum Gasteiger partial charge on any atom is -0.229 e. The summed E-state index contributed by atoms with van der Waals surface area (Å²) < 4.78 is 0. The van der Waals surface area contributed by atoms with Gasteiger partial charge in [0.1, 0.15) is 16.2 Å². The summed E-state index contributed by atoms with van der Waals surface area (Å²) in [5, 5.41) is 11.3. The lowest BCUT2D eigenvalue weighted by atomic mass is 9.89. The van der Waals surface area contributed by atoms with Crippen LogP contribution in [0.25, 0.3) is 21.3 Å². The molecule has 0 N–H and O–H groups in total. The molecule has 2 heterocycles. The van der Waals surface area contributed by atoms with Crippen LogP contribution in [-0.2, 0) is 18.6 Å². The Labute approximate surface area is 184 Å². The third-order valence-electron chi connectivity index (χ3n) is 5.70. The first kappa shape index (κ1) is 19.3. The van der Waals surface area contributed by atoms with Crippen molar-refractivity contribution in [1.82, 2.24) is 9.97 Å². The van der Waals surface area contributed by atoms with E-state index in [9.17, 15) is 0 Å². The Balaban J connectivity index is 1.55. The number of nitriles is 1. The van der Waals surface area contributed by atoms with E-state index in [2.05, 4.69) is 47.2 Å². The Morgan fingerprint density at radius 3 is 2.80 bits per heavy atom. The summed E-state index contributed by atoms with van der Waals surface area (Å²) in [5.41, 5.74) is 7.39. The molecule has 30 heavy (non-hydrogen) atoms. The molecule has 0 amide bonds. The van der Waals surface area contributed by atoms with Crippen molar-refractivity contribution in [2.75, 3.05) is 0 Å². The number of thiophene rings is 1. The second-order valence-corrected chi connectivity index (χ2v) is 9.85. The molecule has 148 valence electrons. The first-order valence-corrected chi connectivity index (χ1v) is 12.0. The highest BCUT2D eigenvalue weighted by Crippen LogP contribution is 2.42. The zero-order chi connectivity index (χ0) is 20.5. The lowest BCUT2D eigenvalue weighted by Crippen LogP contribution is -2.02. The van der Waals surface area contributed by atoms with E-state index in [0.717, 1.165) is 26.6 Å². The van der Waals surface area contributed by atoms with E-state index in [1.165, 1.54) is 52.8 Å². The van der Waals surface area contributed by atoms with Gasteiger partial charge in [0.15, 0.2) is 0 Å². The second kappa shape index (κ2) is 8.22. The summed E-state index contributed by atoms with van der Waals surface area (Å²) >= 11 is 3.46. The number of thioether (sulfide) groups is 1. The average molecular weight is 428 g/mol. The summed E-state index contributed by atoms with van der Waals surface area (Å²) in [6.45, 7) is 2.19. The van der Waals surface area contributed by atoms with Crippen molar-refractivity contribution < 1.29 is 0 Å². The minimum atomic E-state index is 0.696. The van der Waals surface area contributed by atoms with Gasteiger partial charge in [0.25, 0.3) is 0 Å². The molecule has 0 unspecified atom stereocenters. The third-order valence-corrected chi connectivity index (χ3v) is 7.77. The van der Waals surface area contributed by atoms with Crippen molar-refractivity contribution in [3.05, 3.63) is 75.9 Å². The predicted molar refractivity (Wildman–Crippen MR) is 125 cm³/mol. The minimum absolute atomic E-state index is 0.696. The highest BCUT2D eigenvalue weighted by Gasteiger charge is 2.19. The van der Waals surface area contributed by atoms with Crippen molar-refractivity contribution in [3.63, 3.8) is 0 Å². The fourth-order valence-corrected chi connectivity index (χ4v) is 6.27. The van der Waals surface area contributed by atoms with Crippen molar-refractivity contribution >= 4 is 33.3 Å². The molecular formula is C25H21N3S2. The Morgan fingerprint density at radius 1 is 1.07 bits per heavy atom. The van der Waals surface area contributed by atoms with Gasteiger partial charge in [-0.25, -0.2) is 9.97 Å². The maximum Gasteiger partial charge on any atom is 0.128 e. The number of benzene rings is 2. The summed E-state index contributed by atoms with van der Waals surface area (Å²) in [6.07, 6.45) is 6.63. The molecular weight excluding hydrogens is 406 g/mol. The number of rotatable bonds is 4. The SMILES string of the molecule is Cc1sc2ncnc(SCc3cccc(C#N)c3)c2c1-c1ccc2c(c1)CCCC2. The molecule has 5 heteroatoms. The third kappa shape index (κ3) is 3.62. The average Bonchev–Trinajstić information content (AvgIpc) is 3.13. The van der Waals surface area contributed by atoms with Crippen LogP contribution in [0.15, 0.2) is 53.8 Å². The van der Waals surface area contributed by atoms with Gasteiger partial charge < -0.3 is 0 Å². The van der Waals surface area contributed by atoms with Crippen LogP contribution in [0.1, 0.15) is 40.0 Å². The highest BCUT2D eigenvalue weighted by molar-refractivity contribution is 7.98. The zero-order valence-corrected chi connectivity index (χ0v) is 18.4. The Kier molecular flexibility index (Phi) is 5.28. The van der Waals surface area contributed by atoms with Gasteiger partial charge in [-0.1, -0.05) is 30.3 Å². The van der Waals surface area contributed by atoms with Crippen LogP contribution in [0.2, 0.25) is 0 Å². The molecule has 0 radical (unpaired) electrons. The Morgan fingerprint density at radius 2 is 1.93 bits per heavy atom. The van der Waals surface area contributed by atoms with E-state index >= 15 is 0 Å². The van der Waals surface area contributed by atoms with Crippen molar-refractivity contribution in [1.29, 1.82) is 5.26 Å². The van der Waals surface area contributed by atoms with E-state index < -0.39 is 0 Å². The predicted octanol–water partition coefficient (Wildman–Crippen LogP) is 6.71. The summed E-state index contributed by atoms with van der Waals surface area (Å²) in [4.78, 5) is 11.5. The first-order valence-electron chi connectivity index (χ1n) is 10.2. The maximum absolute atomic E-state index is 9.16. The van der Waals surface area contributed by atoms with Crippen LogP contribution in [-0.4, -0.2) is 9.97 Å². The topological polar surface area (TPSA) is 49.6 Å². The van der Waals surface area contributed by atoms with Crippen LogP contribution in [0.5, 0.6) is 0 Å². The normalized spacial score (nSPS) is 13.2. The molecule has 0 atom stereocenters. The van der Waals surface area contributed by atoms with Gasteiger partial charge in [-0.3, -0.25) is 0 Å². The standard InChI is InChI=1S/C25H21N3S2/c1-16-22(21-10-9-19-7-2-3-8-20(19)12-21)23-24(27-15-28-25(23)30-16)29-14-18-6-4-5-17(11-18)13-26/h4-6,9-12,15H,2-3,7-8,14H2,1H3. The second-order valence-electron chi connectivity index (χ2n) is 7.68. The van der Waals surface area contributed by atoms with Crippen LogP contribution in [0.3, 0.4) is 0 Å². The van der Waals surface area contributed by atoms with Gasteiger partial charge in [-0.15, -0.1) is 23.1 Å². The lowest BCUT2D eigenvalue weighted by Gasteiger charge is -2.17. The van der Waals surface area contributed by atoms with E-state index in [0.29, 0.717) is 5.56 Å². The van der Waals surface area contributed by atoms with Gasteiger partial charge >= 0.3 is 0 Å². The van der Waals surface area contributed by atoms with Crippen LogP contribution < -0.4 is 0 Å². The van der Waals surface area contributed by atoms with Crippen molar-refractivity contribution in [2.45, 2.75) is 43.4 Å². The quantitative estimate of drug-likeness (QED) is 0.268. The fourth-order valence-electron chi connectivity index (χ4n) is 4.25. The number of fused-ring (bicyclic) bond motifs is 2. The number of aromatic nitrogens is 2. The molecule has 4 aromatic rings. The molecule has 0 fully saturated rings. The molecule has 1 aliphatic carbocycles. The Hall–Kier alpha value is -2.68. The van der Waals surface area contributed by atoms with Gasteiger partial charge in [0.2, 0.25) is 0 Å². The molecule has 0 bridgehead atoms. The van der Waals surface area contributed by atoms with Crippen LogP contribution in [0, 0.1) is 18.3 Å². The van der Waals surface area contributed by atoms with Crippen molar-refractivity contribution in [3.8, 4) is 17.2 Å². The molecule has 0 spiro atoms. The molecule has 3 nitrogen and oxygen atoms in total. The molecule has 5 rings (SSSR count). The number of aryl methyl sites for hydroxylation is 3. The van der Waals surface area contributed by atoms with Crippen molar-refractivity contribution in [2.24, 2.45) is 0 Å². The summed E-state index contributed by atoms with van der Waals surface area (Å²) in [6, 6.07) is 17.0. The smallest absolute Gasteiger partial charge is 0.128 e. The number of hydrogen-bond acceptors (Lipinski definition) is 5. The first-order chi connectivity index (χ1) is 14.7. The maximum atomic E-state index is 9.16. The Bertz CT molecular complexity index is 1280. The molecule has 0 saturated heterocycles. The van der Waals surface area contributed by atoms with Crippen LogP contribution >= 0.6 is 23.1 Å². The van der Waals surface area contributed by atoms with E-state index in [1.807, 2.05) is 18.2 Å². The molecule has 2 aromatic heterocycles. The highest BCUT2D eigenvalue weighted by atomic mass is 32.2. The fraction of sp³-hybridized carbons (Fsp3) is 0.240. The zero-order valence-electron chi connectivity index (χ0n) is 16.8. The van der Waals surface area contributed by atoms with E-state index in [-0.39, 0.29) is 0 Å². The monoisotopic (exact) mass is 427 g/mol. The summed E-state index contributed by atoms with van der Waals surface area (Å²) in [5.74, 6) is 0.778. The van der Waals surface area contributed by atoms with Gasteiger partial charge in [-0.2, -0.15) is 5.26 Å². The number of nitrogens with zero attached hydrogens (tertiary/aromatic N) is 3. The number of hydrogen-bond donors (Lipinski definition) is 0. The molecule has 0 aliphatic heterocycles. The van der Waals surface area contributed by atoms with Gasteiger partial charge in [0.05, 0.1) is 17.0 Å². The largest absolute Gasteiger partial charge is 0.229 e.